The second-order valence-electron chi connectivity index (χ2n) is 7.93. The molecule has 0 aliphatic heterocycles. The van der Waals surface area contributed by atoms with Crippen LogP contribution >= 0.6 is 0 Å². The van der Waals surface area contributed by atoms with Gasteiger partial charge in [0.15, 0.2) is 0 Å². The highest BCUT2D eigenvalue weighted by Crippen LogP contribution is 2.44. The smallest absolute Gasteiger partial charge is 0.414 e. The lowest BCUT2D eigenvalue weighted by Crippen LogP contribution is -2.18. The van der Waals surface area contributed by atoms with Gasteiger partial charge in [0, 0.05) is 22.9 Å². The molecule has 2 N–H and O–H groups in total. The molecule has 4 aromatic rings. The van der Waals surface area contributed by atoms with Crippen molar-refractivity contribution in [1.82, 2.24) is 19.6 Å². The molecule has 2 aromatic heterocycles. The number of aliphatic carboxylic acids is 1. The van der Waals surface area contributed by atoms with Gasteiger partial charge in [0.2, 0.25) is 0 Å². The minimum atomic E-state index is -0.959. The Labute approximate surface area is 189 Å². The number of carbonyl (C=O) groups excluding carboxylic acids is 1. The number of carboxylic acid groups (broad SMARTS) is 1. The number of ether oxygens (including phenoxy) is 1. The molecule has 5 rings (SSSR count). The van der Waals surface area contributed by atoms with Gasteiger partial charge in [0.05, 0.1) is 6.42 Å². The zero-order chi connectivity index (χ0) is 23.1. The molecular weight excluding hydrogens is 422 g/mol. The van der Waals surface area contributed by atoms with Crippen molar-refractivity contribution < 1.29 is 19.4 Å². The Balaban J connectivity index is 1.33. The number of rotatable bonds is 5. The van der Waals surface area contributed by atoms with Crippen LogP contribution < -0.4 is 5.32 Å². The van der Waals surface area contributed by atoms with Crippen LogP contribution in [-0.2, 0) is 16.0 Å². The number of carbonyl (C=O) groups is 2. The topological polar surface area (TPSA) is 119 Å². The largest absolute Gasteiger partial charge is 0.481 e. The van der Waals surface area contributed by atoms with E-state index in [9.17, 15) is 9.59 Å². The van der Waals surface area contributed by atoms with Gasteiger partial charge in [-0.15, -0.1) is 5.10 Å². The Morgan fingerprint density at radius 2 is 1.67 bits per heavy atom. The van der Waals surface area contributed by atoms with Gasteiger partial charge in [-0.05, 0) is 36.1 Å². The van der Waals surface area contributed by atoms with Crippen molar-refractivity contribution in [2.75, 3.05) is 11.9 Å². The molecule has 1 amide bonds. The molecule has 33 heavy (non-hydrogen) atoms. The summed E-state index contributed by atoms with van der Waals surface area (Å²) in [5.74, 6) is -0.704. The molecule has 2 aromatic carbocycles. The molecule has 1 aliphatic rings. The molecule has 0 saturated carbocycles. The summed E-state index contributed by atoms with van der Waals surface area (Å²) in [7, 11) is 0. The van der Waals surface area contributed by atoms with Crippen molar-refractivity contribution in [3.05, 3.63) is 76.6 Å². The summed E-state index contributed by atoms with van der Waals surface area (Å²) in [6.07, 6.45) is -0.844. The first kappa shape index (κ1) is 20.6. The average molecular weight is 443 g/mol. The van der Waals surface area contributed by atoms with Gasteiger partial charge in [-0.3, -0.25) is 10.1 Å². The highest BCUT2D eigenvalue weighted by atomic mass is 16.5. The molecule has 166 valence electrons. The molecule has 9 heteroatoms. The molecule has 0 saturated heterocycles. The van der Waals surface area contributed by atoms with E-state index in [1.54, 1.807) is 13.8 Å². The van der Waals surface area contributed by atoms with Crippen LogP contribution in [0.4, 0.5) is 10.7 Å². The minimum absolute atomic E-state index is 0.0368. The Morgan fingerprint density at radius 3 is 2.30 bits per heavy atom. The Hall–Kier alpha value is -4.27. The van der Waals surface area contributed by atoms with Crippen molar-refractivity contribution in [2.45, 2.75) is 26.2 Å². The fourth-order valence-corrected chi connectivity index (χ4v) is 4.39. The molecule has 0 unspecified atom stereocenters. The van der Waals surface area contributed by atoms with E-state index in [2.05, 4.69) is 44.6 Å². The summed E-state index contributed by atoms with van der Waals surface area (Å²) >= 11 is 0. The molecule has 0 atom stereocenters. The number of benzene rings is 2. The maximum atomic E-state index is 12.5. The number of fused-ring (bicyclic) bond motifs is 4. The van der Waals surface area contributed by atoms with Crippen molar-refractivity contribution in [2.24, 2.45) is 0 Å². The second kappa shape index (κ2) is 8.01. The molecule has 1 aliphatic carbocycles. The zero-order valence-electron chi connectivity index (χ0n) is 18.1. The highest BCUT2D eigenvalue weighted by molar-refractivity contribution is 5.83. The molecule has 0 radical (unpaired) electrons. The number of aromatic nitrogens is 4. The molecule has 0 spiro atoms. The lowest BCUT2D eigenvalue weighted by atomic mass is 9.98. The highest BCUT2D eigenvalue weighted by Gasteiger charge is 2.29. The van der Waals surface area contributed by atoms with Crippen LogP contribution in [0.5, 0.6) is 0 Å². The quantitative estimate of drug-likeness (QED) is 0.482. The van der Waals surface area contributed by atoms with E-state index in [0.29, 0.717) is 17.0 Å². The number of amides is 1. The number of nitrogens with zero attached hydrogens (tertiary/aromatic N) is 4. The van der Waals surface area contributed by atoms with E-state index >= 15 is 0 Å². The SMILES string of the molecule is Cc1nc2nc(NC(=O)OCC3c4ccccc4-c4ccccc43)nn2c(C)c1CC(=O)O. The first-order chi connectivity index (χ1) is 15.9. The zero-order valence-corrected chi connectivity index (χ0v) is 18.1. The van der Waals surface area contributed by atoms with Gasteiger partial charge in [0.25, 0.3) is 11.7 Å². The number of nitrogens with one attached hydrogen (secondary N) is 1. The average Bonchev–Trinajstić information content (AvgIpc) is 3.33. The van der Waals surface area contributed by atoms with Crippen molar-refractivity contribution in [1.29, 1.82) is 0 Å². The van der Waals surface area contributed by atoms with Crippen LogP contribution in [-0.4, -0.2) is 43.4 Å². The molecule has 2 heterocycles. The standard InChI is InChI=1S/C24H21N5O4/c1-13-19(11-21(30)31)14(2)29-23(25-13)26-22(28-29)27-24(32)33-12-20-17-9-5-3-7-15(17)16-8-4-6-10-18(16)20/h3-10,20H,11-12H2,1-2H3,(H,30,31)(H,27,28,32). The van der Waals surface area contributed by atoms with Gasteiger partial charge in [0.1, 0.15) is 6.61 Å². The molecule has 0 fully saturated rings. The van der Waals surface area contributed by atoms with Crippen LogP contribution in [0.3, 0.4) is 0 Å². The van der Waals surface area contributed by atoms with Crippen LogP contribution in [0.25, 0.3) is 16.9 Å². The van der Waals surface area contributed by atoms with Crippen LogP contribution in [0.2, 0.25) is 0 Å². The van der Waals surface area contributed by atoms with E-state index in [4.69, 9.17) is 9.84 Å². The van der Waals surface area contributed by atoms with Crippen molar-refractivity contribution >= 4 is 23.8 Å². The van der Waals surface area contributed by atoms with Crippen LogP contribution in [0, 0.1) is 13.8 Å². The van der Waals surface area contributed by atoms with E-state index in [1.165, 1.54) is 4.52 Å². The summed E-state index contributed by atoms with van der Waals surface area (Å²) in [5, 5.41) is 15.9. The van der Waals surface area contributed by atoms with Crippen molar-refractivity contribution in [3.63, 3.8) is 0 Å². The summed E-state index contributed by atoms with van der Waals surface area (Å²) < 4.78 is 6.95. The Kier molecular flexibility index (Phi) is 5.01. The molecule has 0 bridgehead atoms. The third-order valence-corrected chi connectivity index (χ3v) is 5.93. The third kappa shape index (κ3) is 3.67. The Bertz CT molecular complexity index is 1370. The lowest BCUT2D eigenvalue weighted by Gasteiger charge is -2.13. The van der Waals surface area contributed by atoms with Crippen LogP contribution in [0.1, 0.15) is 34.0 Å². The summed E-state index contributed by atoms with van der Waals surface area (Å²) in [5.41, 5.74) is 6.27. The summed E-state index contributed by atoms with van der Waals surface area (Å²) in [6, 6.07) is 16.2. The number of carboxylic acids is 1. The van der Waals surface area contributed by atoms with E-state index in [-0.39, 0.29) is 30.7 Å². The summed E-state index contributed by atoms with van der Waals surface area (Å²) in [6.45, 7) is 3.64. The first-order valence-electron chi connectivity index (χ1n) is 10.5. The number of hydrogen-bond donors (Lipinski definition) is 2. The first-order valence-corrected chi connectivity index (χ1v) is 10.5. The van der Waals surface area contributed by atoms with Gasteiger partial charge in [-0.1, -0.05) is 48.5 Å². The van der Waals surface area contributed by atoms with E-state index in [1.807, 2.05) is 24.3 Å². The fourth-order valence-electron chi connectivity index (χ4n) is 4.39. The fraction of sp³-hybridized carbons (Fsp3) is 0.208. The number of anilines is 1. The molecule has 9 nitrogen and oxygen atoms in total. The van der Waals surface area contributed by atoms with Gasteiger partial charge >= 0.3 is 12.1 Å². The molecular formula is C24H21N5O4. The van der Waals surface area contributed by atoms with Gasteiger partial charge in [-0.25, -0.2) is 9.78 Å². The summed E-state index contributed by atoms with van der Waals surface area (Å²) in [4.78, 5) is 32.2. The predicted octanol–water partition coefficient (Wildman–Crippen LogP) is 3.73. The normalized spacial score (nSPS) is 12.4. The number of aryl methyl sites for hydroxylation is 2. The van der Waals surface area contributed by atoms with Gasteiger partial charge in [-0.2, -0.15) is 9.50 Å². The predicted molar refractivity (Wildman–Crippen MR) is 120 cm³/mol. The monoisotopic (exact) mass is 443 g/mol. The van der Waals surface area contributed by atoms with E-state index in [0.717, 1.165) is 22.3 Å². The third-order valence-electron chi connectivity index (χ3n) is 5.93. The second-order valence-corrected chi connectivity index (χ2v) is 7.93. The maximum Gasteiger partial charge on any atom is 0.414 e. The van der Waals surface area contributed by atoms with Crippen LogP contribution in [0.15, 0.2) is 48.5 Å². The minimum Gasteiger partial charge on any atom is -0.481 e. The van der Waals surface area contributed by atoms with Crippen molar-refractivity contribution in [3.8, 4) is 11.1 Å². The van der Waals surface area contributed by atoms with Gasteiger partial charge < -0.3 is 9.84 Å². The number of hydrogen-bond acceptors (Lipinski definition) is 6. The maximum absolute atomic E-state index is 12.5. The Morgan fingerprint density at radius 1 is 1.03 bits per heavy atom. The van der Waals surface area contributed by atoms with E-state index < -0.39 is 12.1 Å². The lowest BCUT2D eigenvalue weighted by molar-refractivity contribution is -0.136.